The number of esters is 1. The van der Waals surface area contributed by atoms with Gasteiger partial charge in [-0.3, -0.25) is 14.4 Å². The van der Waals surface area contributed by atoms with Gasteiger partial charge >= 0.3 is 17.9 Å². The predicted octanol–water partition coefficient (Wildman–Crippen LogP) is 2.76. The Morgan fingerprint density at radius 3 is 2.41 bits per heavy atom. The van der Waals surface area contributed by atoms with Gasteiger partial charge in [-0.25, -0.2) is 9.59 Å². The molecule has 2 aliphatic heterocycles. The van der Waals surface area contributed by atoms with Crippen LogP contribution in [0.1, 0.15) is 77.2 Å². The lowest BCUT2D eigenvalue weighted by Crippen LogP contribution is -2.47. The maximum Gasteiger partial charge on any atom is 0.519 e. The van der Waals surface area contributed by atoms with Crippen molar-refractivity contribution < 1.29 is 37.5 Å². The van der Waals surface area contributed by atoms with Crippen molar-refractivity contribution in [2.24, 2.45) is 11.8 Å². The summed E-state index contributed by atoms with van der Waals surface area (Å²) >= 11 is 0. The Bertz CT molecular complexity index is 1180. The van der Waals surface area contributed by atoms with Crippen molar-refractivity contribution in [3.8, 4) is 12.3 Å². The average molecular weight is 576 g/mol. The Morgan fingerprint density at radius 2 is 1.80 bits per heavy atom. The Kier molecular flexibility index (Phi) is 11.0. The number of nitrogens with zero attached hydrogens (tertiary/aromatic N) is 2. The van der Waals surface area contributed by atoms with Crippen molar-refractivity contribution in [1.29, 1.82) is 0 Å². The van der Waals surface area contributed by atoms with E-state index in [1.807, 2.05) is 20.8 Å². The molecule has 0 aliphatic carbocycles. The number of terminal acetylenes is 1. The second-order valence-electron chi connectivity index (χ2n) is 11.7. The normalized spacial score (nSPS) is 18.8. The van der Waals surface area contributed by atoms with Crippen LogP contribution in [0.3, 0.4) is 0 Å². The van der Waals surface area contributed by atoms with Gasteiger partial charge < -0.3 is 33.4 Å². The summed E-state index contributed by atoms with van der Waals surface area (Å²) in [5, 5.41) is 2.70. The second kappa shape index (κ2) is 14.2. The molecule has 2 aliphatic rings. The van der Waals surface area contributed by atoms with E-state index in [-0.39, 0.29) is 42.5 Å². The number of likely N-dealkylation sites (tertiary alicyclic amines) is 2. The van der Waals surface area contributed by atoms with Crippen molar-refractivity contribution in [2.45, 2.75) is 90.9 Å². The highest BCUT2D eigenvalue weighted by atomic mass is 16.6. The molecule has 226 valence electrons. The fourth-order valence-electron chi connectivity index (χ4n) is 4.95. The van der Waals surface area contributed by atoms with Crippen molar-refractivity contribution in [3.63, 3.8) is 0 Å². The van der Waals surface area contributed by atoms with Gasteiger partial charge in [0.1, 0.15) is 11.6 Å². The van der Waals surface area contributed by atoms with E-state index in [4.69, 9.17) is 24.7 Å². The number of carbonyl (C=O) groups excluding carboxylic acids is 4. The van der Waals surface area contributed by atoms with E-state index < -0.39 is 29.4 Å². The van der Waals surface area contributed by atoms with E-state index in [2.05, 4.69) is 11.2 Å². The van der Waals surface area contributed by atoms with Gasteiger partial charge in [0.05, 0.1) is 12.3 Å². The third-order valence-electron chi connectivity index (χ3n) is 7.27. The molecule has 1 N–H and O–H groups in total. The number of rotatable bonds is 9. The van der Waals surface area contributed by atoms with Crippen LogP contribution in [0.15, 0.2) is 13.6 Å². The maximum absolute atomic E-state index is 13.0. The van der Waals surface area contributed by atoms with Gasteiger partial charge in [0.25, 0.3) is 0 Å². The third-order valence-corrected chi connectivity index (χ3v) is 7.27. The summed E-state index contributed by atoms with van der Waals surface area (Å²) < 4.78 is 20.0. The molecule has 3 heterocycles. The number of ether oxygens (including phenoxy) is 2. The molecular weight excluding hydrogens is 534 g/mol. The lowest BCUT2D eigenvalue weighted by atomic mass is 9.91. The second-order valence-corrected chi connectivity index (χ2v) is 11.7. The number of hydrogen-bond donors (Lipinski definition) is 1. The Morgan fingerprint density at radius 1 is 1.10 bits per heavy atom. The molecule has 0 spiro atoms. The third kappa shape index (κ3) is 9.99. The van der Waals surface area contributed by atoms with Gasteiger partial charge in [-0.1, -0.05) is 5.92 Å². The fourth-order valence-corrected chi connectivity index (χ4v) is 4.95. The highest BCUT2D eigenvalue weighted by Gasteiger charge is 2.31. The molecule has 1 aromatic heterocycles. The molecule has 1 aromatic rings. The summed E-state index contributed by atoms with van der Waals surface area (Å²) in [7, 11) is 0. The average Bonchev–Trinajstić information content (AvgIpc) is 3.25. The highest BCUT2D eigenvalue weighted by molar-refractivity contribution is 5.82. The molecule has 0 radical (unpaired) electrons. The Labute approximate surface area is 240 Å². The zero-order valence-electron chi connectivity index (χ0n) is 24.4. The molecule has 41 heavy (non-hydrogen) atoms. The van der Waals surface area contributed by atoms with Crippen LogP contribution in [0.4, 0.5) is 4.79 Å². The van der Waals surface area contributed by atoms with Crippen molar-refractivity contribution in [3.05, 3.63) is 22.1 Å². The molecule has 2 fully saturated rings. The van der Waals surface area contributed by atoms with E-state index in [0.717, 1.165) is 19.3 Å². The molecule has 3 amide bonds. The van der Waals surface area contributed by atoms with Crippen LogP contribution in [0.5, 0.6) is 0 Å². The molecule has 0 unspecified atom stereocenters. The molecule has 3 rings (SSSR count). The lowest BCUT2D eigenvalue weighted by molar-refractivity contribution is -0.145. The summed E-state index contributed by atoms with van der Waals surface area (Å²) in [5.74, 6) is 0.761. The van der Waals surface area contributed by atoms with Crippen LogP contribution >= 0.6 is 0 Å². The first-order chi connectivity index (χ1) is 19.3. The number of amides is 3. The summed E-state index contributed by atoms with van der Waals surface area (Å²) in [6.45, 7) is 8.87. The van der Waals surface area contributed by atoms with Gasteiger partial charge in [0.15, 0.2) is 18.1 Å². The van der Waals surface area contributed by atoms with Gasteiger partial charge in [0.2, 0.25) is 11.8 Å². The predicted molar refractivity (Wildman–Crippen MR) is 146 cm³/mol. The van der Waals surface area contributed by atoms with Gasteiger partial charge in [-0.2, -0.15) is 0 Å². The molecule has 0 saturated carbocycles. The van der Waals surface area contributed by atoms with Gasteiger partial charge in [0, 0.05) is 32.6 Å². The van der Waals surface area contributed by atoms with Crippen molar-refractivity contribution in [1.82, 2.24) is 15.1 Å². The smallest absolute Gasteiger partial charge is 0.457 e. The molecule has 2 saturated heterocycles. The van der Waals surface area contributed by atoms with Crippen LogP contribution in [-0.2, 0) is 30.5 Å². The Hall–Kier alpha value is -3.75. The maximum atomic E-state index is 13.0. The van der Waals surface area contributed by atoms with Gasteiger partial charge in [-0.15, -0.1) is 6.42 Å². The van der Waals surface area contributed by atoms with Crippen LogP contribution in [0.2, 0.25) is 0 Å². The van der Waals surface area contributed by atoms with E-state index >= 15 is 0 Å². The molecule has 0 aromatic carbocycles. The minimum atomic E-state index is -0.886. The fraction of sp³-hybridized carbons (Fsp3) is 0.690. The largest absolute Gasteiger partial charge is 0.519 e. The first kappa shape index (κ1) is 31.8. The highest BCUT2D eigenvalue weighted by Crippen LogP contribution is 2.25. The zero-order valence-corrected chi connectivity index (χ0v) is 24.4. The summed E-state index contributed by atoms with van der Waals surface area (Å²) in [6, 6.07) is -0.884. The number of nitrogens with one attached hydrogen (secondary N) is 1. The topological polar surface area (TPSA) is 149 Å². The quantitative estimate of drug-likeness (QED) is 0.346. The number of carbonyl (C=O) groups is 4. The standard InChI is InChI=1S/C29H41N3O9/c1-6-22(16-25(34)38-18-23-19(2)39-28(37)40-23)30-26(35)21-8-7-13-32(17-21)24(33)10-9-20-11-14-31(15-12-20)27(36)41-29(3,4)5/h1,20-22H,7-18H2,2-5H3,(H,30,35)/t21-,22-/m1/s1. The number of hydrogen-bond acceptors (Lipinski definition) is 9. The van der Waals surface area contributed by atoms with Crippen LogP contribution in [-0.4, -0.2) is 71.5 Å². The number of piperidine rings is 2. The van der Waals surface area contributed by atoms with E-state index in [9.17, 15) is 24.0 Å². The van der Waals surface area contributed by atoms with Crippen molar-refractivity contribution >= 4 is 23.9 Å². The van der Waals surface area contributed by atoms with Gasteiger partial charge in [-0.05, 0) is 65.7 Å². The SMILES string of the molecule is C#C[C@H](CC(=O)OCc1oc(=O)oc1C)NC(=O)[C@@H]1CCCN(C(=O)CCC2CCN(C(=O)OC(C)(C)C)CC2)C1. The monoisotopic (exact) mass is 575 g/mol. The van der Waals surface area contributed by atoms with Crippen molar-refractivity contribution in [2.75, 3.05) is 26.2 Å². The summed E-state index contributed by atoms with van der Waals surface area (Å²) in [6.07, 6.45) is 9.04. The molecule has 0 bridgehead atoms. The molecular formula is C29H41N3O9. The Balaban J connectivity index is 1.39. The molecule has 12 nitrogen and oxygen atoms in total. The van der Waals surface area contributed by atoms with Crippen LogP contribution in [0, 0.1) is 31.1 Å². The number of aryl methyl sites for hydroxylation is 1. The zero-order chi connectivity index (χ0) is 30.2. The lowest BCUT2D eigenvalue weighted by Gasteiger charge is -2.34. The molecule has 2 atom stereocenters. The van der Waals surface area contributed by atoms with E-state index in [1.165, 1.54) is 6.92 Å². The first-order valence-electron chi connectivity index (χ1n) is 14.1. The first-order valence-corrected chi connectivity index (χ1v) is 14.1. The van der Waals surface area contributed by atoms with E-state index in [1.54, 1.807) is 9.80 Å². The summed E-state index contributed by atoms with van der Waals surface area (Å²) in [4.78, 5) is 64.9. The van der Waals surface area contributed by atoms with E-state index in [0.29, 0.717) is 51.4 Å². The summed E-state index contributed by atoms with van der Waals surface area (Å²) in [5.41, 5.74) is -0.529. The molecule has 12 heteroatoms. The minimum absolute atomic E-state index is 0.00957. The minimum Gasteiger partial charge on any atom is -0.457 e. The van der Waals surface area contributed by atoms with Crippen LogP contribution in [0.25, 0.3) is 0 Å². The van der Waals surface area contributed by atoms with Crippen LogP contribution < -0.4 is 11.1 Å².